The zero-order valence-electron chi connectivity index (χ0n) is 11.3. The molecule has 1 aromatic rings. The van der Waals surface area contributed by atoms with Gasteiger partial charge in [-0.1, -0.05) is 0 Å². The number of aryl methyl sites for hydroxylation is 2. The van der Waals surface area contributed by atoms with Crippen LogP contribution >= 0.6 is 0 Å². The van der Waals surface area contributed by atoms with E-state index in [4.69, 9.17) is 0 Å². The SMILES string of the molecule is Cc1cc(C)n(CC(=O)N2CC3(CN(C)C3)C2)n1. The van der Waals surface area contributed by atoms with Crippen molar-refractivity contribution in [1.29, 1.82) is 0 Å². The van der Waals surface area contributed by atoms with Gasteiger partial charge in [0.1, 0.15) is 6.54 Å². The van der Waals surface area contributed by atoms with Gasteiger partial charge in [-0.25, -0.2) is 0 Å². The van der Waals surface area contributed by atoms with Crippen molar-refractivity contribution in [3.63, 3.8) is 0 Å². The lowest BCUT2D eigenvalue weighted by Crippen LogP contribution is -2.72. The number of nitrogens with zero attached hydrogens (tertiary/aromatic N) is 4. The van der Waals surface area contributed by atoms with Gasteiger partial charge in [-0.3, -0.25) is 9.48 Å². The maximum absolute atomic E-state index is 12.1. The Morgan fingerprint density at radius 2 is 2.00 bits per heavy atom. The Morgan fingerprint density at radius 1 is 1.33 bits per heavy atom. The van der Waals surface area contributed by atoms with E-state index in [2.05, 4.69) is 17.0 Å². The largest absolute Gasteiger partial charge is 0.340 e. The molecule has 0 aliphatic carbocycles. The smallest absolute Gasteiger partial charge is 0.244 e. The van der Waals surface area contributed by atoms with Crippen molar-refractivity contribution in [2.45, 2.75) is 20.4 Å². The average molecular weight is 248 g/mol. The molecule has 1 aromatic heterocycles. The van der Waals surface area contributed by atoms with Gasteiger partial charge in [0.15, 0.2) is 0 Å². The Hall–Kier alpha value is -1.36. The molecule has 1 amide bonds. The zero-order valence-corrected chi connectivity index (χ0v) is 11.3. The molecule has 2 saturated heterocycles. The van der Waals surface area contributed by atoms with Gasteiger partial charge in [0.2, 0.25) is 5.91 Å². The van der Waals surface area contributed by atoms with Gasteiger partial charge in [0.25, 0.3) is 0 Å². The number of amides is 1. The molecule has 98 valence electrons. The molecule has 2 aliphatic heterocycles. The predicted octanol–water partition coefficient (Wildman–Crippen LogP) is 0.274. The molecule has 2 fully saturated rings. The van der Waals surface area contributed by atoms with E-state index in [1.807, 2.05) is 24.8 Å². The molecule has 5 heteroatoms. The number of rotatable bonds is 2. The fraction of sp³-hybridized carbons (Fsp3) is 0.692. The summed E-state index contributed by atoms with van der Waals surface area (Å²) >= 11 is 0. The lowest BCUT2D eigenvalue weighted by Gasteiger charge is -2.59. The van der Waals surface area contributed by atoms with Crippen molar-refractivity contribution < 1.29 is 4.79 Å². The first kappa shape index (κ1) is 11.7. The van der Waals surface area contributed by atoms with Crippen molar-refractivity contribution in [2.75, 3.05) is 33.2 Å². The fourth-order valence-corrected chi connectivity index (χ4v) is 3.30. The molecular formula is C13H20N4O. The highest BCUT2D eigenvalue weighted by atomic mass is 16.2. The predicted molar refractivity (Wildman–Crippen MR) is 68.2 cm³/mol. The number of aromatic nitrogens is 2. The summed E-state index contributed by atoms with van der Waals surface area (Å²) in [7, 11) is 2.13. The topological polar surface area (TPSA) is 41.4 Å². The quantitative estimate of drug-likeness (QED) is 0.754. The molecule has 0 bridgehead atoms. The first-order valence-corrected chi connectivity index (χ1v) is 6.45. The van der Waals surface area contributed by atoms with Gasteiger partial charge < -0.3 is 9.80 Å². The maximum Gasteiger partial charge on any atom is 0.244 e. The molecule has 3 rings (SSSR count). The summed E-state index contributed by atoms with van der Waals surface area (Å²) in [6.07, 6.45) is 0. The molecule has 18 heavy (non-hydrogen) atoms. The Balaban J connectivity index is 1.56. The van der Waals surface area contributed by atoms with E-state index in [9.17, 15) is 4.79 Å². The minimum atomic E-state index is 0.196. The van der Waals surface area contributed by atoms with E-state index >= 15 is 0 Å². The van der Waals surface area contributed by atoms with Crippen LogP contribution in [0.1, 0.15) is 11.4 Å². The van der Waals surface area contributed by atoms with Crippen LogP contribution in [0.25, 0.3) is 0 Å². The Labute approximate surface area is 107 Å². The summed E-state index contributed by atoms with van der Waals surface area (Å²) in [5.74, 6) is 0.196. The van der Waals surface area contributed by atoms with E-state index in [1.165, 1.54) is 0 Å². The molecule has 0 aromatic carbocycles. The van der Waals surface area contributed by atoms with E-state index in [0.717, 1.165) is 37.6 Å². The number of carbonyl (C=O) groups excluding carboxylic acids is 1. The van der Waals surface area contributed by atoms with Gasteiger partial charge in [0.05, 0.1) is 5.69 Å². The summed E-state index contributed by atoms with van der Waals surface area (Å²) < 4.78 is 1.80. The highest BCUT2D eigenvalue weighted by Crippen LogP contribution is 2.38. The van der Waals surface area contributed by atoms with Crippen LogP contribution in [0.15, 0.2) is 6.07 Å². The molecule has 0 N–H and O–H groups in total. The second-order valence-electron chi connectivity index (χ2n) is 6.01. The number of hydrogen-bond donors (Lipinski definition) is 0. The van der Waals surface area contributed by atoms with E-state index in [1.54, 1.807) is 4.68 Å². The summed E-state index contributed by atoms with van der Waals surface area (Å²) in [6.45, 7) is 8.45. The molecule has 0 unspecified atom stereocenters. The number of hydrogen-bond acceptors (Lipinski definition) is 3. The average Bonchev–Trinajstić information content (AvgIpc) is 2.48. The minimum Gasteiger partial charge on any atom is -0.340 e. The van der Waals surface area contributed by atoms with E-state index < -0.39 is 0 Å². The molecule has 0 radical (unpaired) electrons. The van der Waals surface area contributed by atoms with Gasteiger partial charge in [0, 0.05) is 37.3 Å². The third kappa shape index (κ3) is 1.82. The van der Waals surface area contributed by atoms with Gasteiger partial charge in [-0.2, -0.15) is 5.10 Å². The van der Waals surface area contributed by atoms with Crippen molar-refractivity contribution in [2.24, 2.45) is 5.41 Å². The van der Waals surface area contributed by atoms with Crippen molar-refractivity contribution in [1.82, 2.24) is 19.6 Å². The van der Waals surface area contributed by atoms with Gasteiger partial charge in [-0.15, -0.1) is 0 Å². The van der Waals surface area contributed by atoms with Crippen LogP contribution < -0.4 is 0 Å². The molecule has 3 heterocycles. The van der Waals surface area contributed by atoms with Crippen LogP contribution in [0, 0.1) is 19.3 Å². The summed E-state index contributed by atoms with van der Waals surface area (Å²) in [4.78, 5) is 16.4. The third-order valence-corrected chi connectivity index (χ3v) is 4.00. The molecule has 5 nitrogen and oxygen atoms in total. The second kappa shape index (κ2) is 3.82. The highest BCUT2D eigenvalue weighted by Gasteiger charge is 2.51. The van der Waals surface area contributed by atoms with E-state index in [-0.39, 0.29) is 5.91 Å². The first-order chi connectivity index (χ1) is 8.47. The summed E-state index contributed by atoms with van der Waals surface area (Å²) in [5, 5.41) is 4.33. The lowest BCUT2D eigenvalue weighted by molar-refractivity contribution is -0.157. The maximum atomic E-state index is 12.1. The highest BCUT2D eigenvalue weighted by molar-refractivity contribution is 5.77. The van der Waals surface area contributed by atoms with Crippen LogP contribution in [0.3, 0.4) is 0 Å². The van der Waals surface area contributed by atoms with Crippen LogP contribution in [0.2, 0.25) is 0 Å². The normalized spacial score (nSPS) is 21.8. The molecule has 0 atom stereocenters. The van der Waals surface area contributed by atoms with Crippen LogP contribution in [0.5, 0.6) is 0 Å². The standard InChI is InChI=1S/C13H20N4O/c1-10-4-11(2)17(14-10)5-12(18)16-8-13(9-16)6-15(3)7-13/h4H,5-9H2,1-3H3. The Bertz CT molecular complexity index is 479. The molecular weight excluding hydrogens is 228 g/mol. The molecule has 0 saturated carbocycles. The number of carbonyl (C=O) groups is 1. The fourth-order valence-electron chi connectivity index (χ4n) is 3.30. The Morgan fingerprint density at radius 3 is 2.50 bits per heavy atom. The third-order valence-electron chi connectivity index (χ3n) is 4.00. The van der Waals surface area contributed by atoms with Crippen molar-refractivity contribution in [3.8, 4) is 0 Å². The van der Waals surface area contributed by atoms with E-state index in [0.29, 0.717) is 12.0 Å². The Kier molecular flexibility index (Phi) is 2.48. The van der Waals surface area contributed by atoms with Gasteiger partial charge in [-0.05, 0) is 27.0 Å². The lowest BCUT2D eigenvalue weighted by atomic mass is 9.73. The van der Waals surface area contributed by atoms with Crippen molar-refractivity contribution in [3.05, 3.63) is 17.5 Å². The van der Waals surface area contributed by atoms with Crippen LogP contribution in [-0.2, 0) is 11.3 Å². The number of likely N-dealkylation sites (tertiary alicyclic amines) is 2. The summed E-state index contributed by atoms with van der Waals surface area (Å²) in [6, 6.07) is 2.01. The molecule has 1 spiro atoms. The monoisotopic (exact) mass is 248 g/mol. The van der Waals surface area contributed by atoms with Crippen LogP contribution in [0.4, 0.5) is 0 Å². The second-order valence-corrected chi connectivity index (χ2v) is 6.01. The van der Waals surface area contributed by atoms with Gasteiger partial charge >= 0.3 is 0 Å². The minimum absolute atomic E-state index is 0.196. The first-order valence-electron chi connectivity index (χ1n) is 6.45. The zero-order chi connectivity index (χ0) is 12.9. The summed E-state index contributed by atoms with van der Waals surface area (Å²) in [5.41, 5.74) is 2.44. The van der Waals surface area contributed by atoms with Crippen molar-refractivity contribution >= 4 is 5.91 Å². The molecule has 2 aliphatic rings. The van der Waals surface area contributed by atoms with Crippen LogP contribution in [-0.4, -0.2) is 58.7 Å².